The Hall–Kier alpha value is -1.13. The summed E-state index contributed by atoms with van der Waals surface area (Å²) in [6.45, 7) is 1.78. The number of carbonyl (C=O) groups is 1. The molecule has 15 heavy (non-hydrogen) atoms. The molecule has 0 bridgehead atoms. The van der Waals surface area contributed by atoms with Crippen LogP contribution in [0.15, 0.2) is 18.2 Å². The fraction of sp³-hybridized carbons (Fsp3) is 0.300. The zero-order valence-electron chi connectivity index (χ0n) is 8.04. The molecule has 0 amide bonds. The monoisotopic (exact) mass is 232 g/mol. The van der Waals surface area contributed by atoms with E-state index in [2.05, 4.69) is 4.74 Å². The molecule has 1 aromatic rings. The predicted molar refractivity (Wildman–Crippen MR) is 53.0 cm³/mol. The SMILES string of the molecule is CCOC(=O)[C@@H](O)c1ccc(Cl)c(F)c1. The van der Waals surface area contributed by atoms with E-state index >= 15 is 0 Å². The van der Waals surface area contributed by atoms with Crippen molar-refractivity contribution in [1.82, 2.24) is 0 Å². The Balaban J connectivity index is 2.86. The highest BCUT2D eigenvalue weighted by atomic mass is 35.5. The summed E-state index contributed by atoms with van der Waals surface area (Å²) in [7, 11) is 0. The van der Waals surface area contributed by atoms with Crippen LogP contribution in [-0.2, 0) is 9.53 Å². The van der Waals surface area contributed by atoms with Crippen molar-refractivity contribution in [2.75, 3.05) is 6.61 Å². The van der Waals surface area contributed by atoms with Crippen molar-refractivity contribution >= 4 is 17.6 Å². The van der Waals surface area contributed by atoms with Gasteiger partial charge in [0.15, 0.2) is 6.10 Å². The Bertz CT molecular complexity index is 368. The quantitative estimate of drug-likeness (QED) is 0.812. The third-order valence-corrected chi connectivity index (χ3v) is 2.08. The van der Waals surface area contributed by atoms with Gasteiger partial charge in [-0.3, -0.25) is 0 Å². The maximum Gasteiger partial charge on any atom is 0.339 e. The molecule has 3 nitrogen and oxygen atoms in total. The fourth-order valence-electron chi connectivity index (χ4n) is 1.04. The van der Waals surface area contributed by atoms with Crippen LogP contribution in [0.3, 0.4) is 0 Å². The van der Waals surface area contributed by atoms with Gasteiger partial charge >= 0.3 is 5.97 Å². The highest BCUT2D eigenvalue weighted by Gasteiger charge is 2.19. The second-order valence-corrected chi connectivity index (χ2v) is 3.24. The van der Waals surface area contributed by atoms with Gasteiger partial charge < -0.3 is 9.84 Å². The number of rotatable bonds is 3. The molecule has 0 aromatic heterocycles. The Morgan fingerprint density at radius 3 is 2.87 bits per heavy atom. The Morgan fingerprint density at radius 2 is 2.33 bits per heavy atom. The van der Waals surface area contributed by atoms with Crippen LogP contribution >= 0.6 is 11.6 Å². The molecule has 0 aliphatic heterocycles. The van der Waals surface area contributed by atoms with Crippen molar-refractivity contribution in [2.24, 2.45) is 0 Å². The van der Waals surface area contributed by atoms with Gasteiger partial charge in [-0.05, 0) is 24.6 Å². The predicted octanol–water partition coefficient (Wildman–Crippen LogP) is 2.08. The van der Waals surface area contributed by atoms with Gasteiger partial charge in [0.25, 0.3) is 0 Å². The summed E-state index contributed by atoms with van der Waals surface area (Å²) in [4.78, 5) is 11.1. The highest BCUT2D eigenvalue weighted by Crippen LogP contribution is 2.20. The molecule has 0 saturated carbocycles. The summed E-state index contributed by atoms with van der Waals surface area (Å²) in [5, 5.41) is 9.39. The lowest BCUT2D eigenvalue weighted by Gasteiger charge is -2.09. The molecule has 0 saturated heterocycles. The van der Waals surface area contributed by atoms with Gasteiger partial charge in [0.05, 0.1) is 11.6 Å². The lowest BCUT2D eigenvalue weighted by atomic mass is 10.1. The number of halogens is 2. The van der Waals surface area contributed by atoms with Crippen molar-refractivity contribution in [3.05, 3.63) is 34.6 Å². The maximum atomic E-state index is 13.0. The molecule has 1 rings (SSSR count). The third kappa shape index (κ3) is 2.91. The molecule has 1 aromatic carbocycles. The van der Waals surface area contributed by atoms with Gasteiger partial charge in [0.2, 0.25) is 0 Å². The first kappa shape index (κ1) is 11.9. The van der Waals surface area contributed by atoms with E-state index in [1.165, 1.54) is 12.1 Å². The third-order valence-electron chi connectivity index (χ3n) is 1.77. The van der Waals surface area contributed by atoms with Gasteiger partial charge in [0, 0.05) is 0 Å². The summed E-state index contributed by atoms with van der Waals surface area (Å²) < 4.78 is 17.6. The second kappa shape index (κ2) is 5.09. The van der Waals surface area contributed by atoms with Crippen LogP contribution in [0, 0.1) is 5.82 Å². The summed E-state index contributed by atoms with van der Waals surface area (Å²) in [6.07, 6.45) is -1.48. The minimum Gasteiger partial charge on any atom is -0.464 e. The van der Waals surface area contributed by atoms with E-state index in [9.17, 15) is 14.3 Å². The minimum atomic E-state index is -1.48. The van der Waals surface area contributed by atoms with Crippen LogP contribution in [0.4, 0.5) is 4.39 Å². The van der Waals surface area contributed by atoms with Crippen LogP contribution in [0.1, 0.15) is 18.6 Å². The maximum absolute atomic E-state index is 13.0. The molecular formula is C10H10ClFO3. The summed E-state index contributed by atoms with van der Waals surface area (Å²) in [6, 6.07) is 3.64. The number of ether oxygens (including phenoxy) is 1. The van der Waals surface area contributed by atoms with Crippen LogP contribution in [-0.4, -0.2) is 17.7 Å². The molecule has 0 fully saturated rings. The molecular weight excluding hydrogens is 223 g/mol. The molecule has 1 atom stereocenters. The van der Waals surface area contributed by atoms with E-state index in [0.717, 1.165) is 6.07 Å². The number of benzene rings is 1. The smallest absolute Gasteiger partial charge is 0.339 e. The van der Waals surface area contributed by atoms with Crippen LogP contribution < -0.4 is 0 Å². The van der Waals surface area contributed by atoms with Crippen LogP contribution in [0.5, 0.6) is 0 Å². The molecule has 0 spiro atoms. The molecule has 0 aliphatic rings. The van der Waals surface area contributed by atoms with E-state index in [4.69, 9.17) is 11.6 Å². The van der Waals surface area contributed by atoms with E-state index in [0.29, 0.717) is 0 Å². The Morgan fingerprint density at radius 1 is 1.67 bits per heavy atom. The molecule has 0 aliphatic carbocycles. The average molecular weight is 233 g/mol. The fourth-order valence-corrected chi connectivity index (χ4v) is 1.16. The minimum absolute atomic E-state index is 0.0604. The number of aliphatic hydroxyl groups excluding tert-OH is 1. The van der Waals surface area contributed by atoms with Gasteiger partial charge in [-0.15, -0.1) is 0 Å². The first-order valence-corrected chi connectivity index (χ1v) is 4.73. The van der Waals surface area contributed by atoms with E-state index in [-0.39, 0.29) is 17.2 Å². The first-order chi connectivity index (χ1) is 7.06. The van der Waals surface area contributed by atoms with Crippen molar-refractivity contribution in [1.29, 1.82) is 0 Å². The molecule has 0 radical (unpaired) electrons. The summed E-state index contributed by atoms with van der Waals surface area (Å²) >= 11 is 5.45. The first-order valence-electron chi connectivity index (χ1n) is 4.36. The molecule has 1 N–H and O–H groups in total. The van der Waals surface area contributed by atoms with Gasteiger partial charge in [-0.2, -0.15) is 0 Å². The van der Waals surface area contributed by atoms with Crippen molar-refractivity contribution < 1.29 is 19.0 Å². The van der Waals surface area contributed by atoms with E-state index in [1.54, 1.807) is 6.92 Å². The van der Waals surface area contributed by atoms with Crippen molar-refractivity contribution in [2.45, 2.75) is 13.0 Å². The van der Waals surface area contributed by atoms with Gasteiger partial charge in [0.1, 0.15) is 5.82 Å². The van der Waals surface area contributed by atoms with E-state index in [1.807, 2.05) is 0 Å². The highest BCUT2D eigenvalue weighted by molar-refractivity contribution is 6.30. The normalized spacial score (nSPS) is 12.3. The molecule has 82 valence electrons. The number of aliphatic hydroxyl groups is 1. The summed E-state index contributed by atoms with van der Waals surface area (Å²) in [5.74, 6) is -1.49. The summed E-state index contributed by atoms with van der Waals surface area (Å²) in [5.41, 5.74) is 0.121. The van der Waals surface area contributed by atoms with Gasteiger partial charge in [-0.25, -0.2) is 9.18 Å². The van der Waals surface area contributed by atoms with Crippen LogP contribution in [0.2, 0.25) is 5.02 Å². The van der Waals surface area contributed by atoms with E-state index < -0.39 is 17.9 Å². The number of carbonyl (C=O) groups excluding carboxylic acids is 1. The van der Waals surface area contributed by atoms with Crippen molar-refractivity contribution in [3.8, 4) is 0 Å². The van der Waals surface area contributed by atoms with Gasteiger partial charge in [-0.1, -0.05) is 17.7 Å². The van der Waals surface area contributed by atoms with Crippen molar-refractivity contribution in [3.63, 3.8) is 0 Å². The topological polar surface area (TPSA) is 46.5 Å². The lowest BCUT2D eigenvalue weighted by Crippen LogP contribution is -2.15. The lowest BCUT2D eigenvalue weighted by molar-refractivity contribution is -0.153. The number of hydrogen-bond acceptors (Lipinski definition) is 3. The zero-order valence-corrected chi connectivity index (χ0v) is 8.79. The Kier molecular flexibility index (Phi) is 4.05. The largest absolute Gasteiger partial charge is 0.464 e. The number of hydrogen-bond donors (Lipinski definition) is 1. The molecule has 0 unspecified atom stereocenters. The number of esters is 1. The molecule has 5 heteroatoms. The zero-order chi connectivity index (χ0) is 11.4. The molecule has 0 heterocycles. The Labute approximate surface area is 91.4 Å². The second-order valence-electron chi connectivity index (χ2n) is 2.83. The average Bonchev–Trinajstić information content (AvgIpc) is 2.21. The standard InChI is InChI=1S/C10H10ClFO3/c1-2-15-10(14)9(13)6-3-4-7(11)8(12)5-6/h3-5,9,13H,2H2,1H3/t9-/m0/s1. The van der Waals surface area contributed by atoms with Crippen LogP contribution in [0.25, 0.3) is 0 Å².